The molecular formula is C14H12ClN3O. The zero-order valence-electron chi connectivity index (χ0n) is 10.3. The van der Waals surface area contributed by atoms with Gasteiger partial charge in [-0.3, -0.25) is 0 Å². The van der Waals surface area contributed by atoms with E-state index in [-0.39, 0.29) is 0 Å². The first-order valence-electron chi connectivity index (χ1n) is 5.54. The Morgan fingerprint density at radius 3 is 2.68 bits per heavy atom. The number of nitriles is 1. The van der Waals surface area contributed by atoms with Crippen LogP contribution in [0.1, 0.15) is 5.56 Å². The molecule has 0 spiro atoms. The van der Waals surface area contributed by atoms with Gasteiger partial charge < -0.3 is 15.8 Å². The number of nitrogens with two attached hydrogens (primary N) is 1. The molecular weight excluding hydrogens is 262 g/mol. The van der Waals surface area contributed by atoms with Gasteiger partial charge in [-0.2, -0.15) is 5.26 Å². The van der Waals surface area contributed by atoms with Crippen molar-refractivity contribution in [2.75, 3.05) is 18.2 Å². The number of benzene rings is 2. The highest BCUT2D eigenvalue weighted by molar-refractivity contribution is 6.31. The molecule has 0 aliphatic heterocycles. The monoisotopic (exact) mass is 273 g/mol. The summed E-state index contributed by atoms with van der Waals surface area (Å²) in [5.74, 6) is 0.644. The molecule has 5 heteroatoms. The zero-order chi connectivity index (χ0) is 13.8. The molecule has 0 amide bonds. The molecule has 0 unspecified atom stereocenters. The predicted octanol–water partition coefficient (Wildman–Crippen LogP) is 3.55. The molecule has 0 saturated heterocycles. The third-order valence-corrected chi connectivity index (χ3v) is 2.83. The number of nitrogens with one attached hydrogen (secondary N) is 1. The van der Waals surface area contributed by atoms with Gasteiger partial charge in [0.05, 0.1) is 24.0 Å². The second kappa shape index (κ2) is 5.51. The minimum absolute atomic E-state index is 0.460. The Labute approximate surface area is 116 Å². The predicted molar refractivity (Wildman–Crippen MR) is 76.9 cm³/mol. The van der Waals surface area contributed by atoms with Crippen LogP contribution >= 0.6 is 11.6 Å². The molecule has 0 heterocycles. The summed E-state index contributed by atoms with van der Waals surface area (Å²) in [7, 11) is 1.57. The van der Waals surface area contributed by atoms with Gasteiger partial charge in [-0.1, -0.05) is 11.6 Å². The Morgan fingerprint density at radius 1 is 1.21 bits per heavy atom. The van der Waals surface area contributed by atoms with Crippen molar-refractivity contribution < 1.29 is 4.74 Å². The quantitative estimate of drug-likeness (QED) is 0.839. The van der Waals surface area contributed by atoms with Crippen LogP contribution in [0.15, 0.2) is 36.4 Å². The van der Waals surface area contributed by atoms with Crippen molar-refractivity contribution >= 4 is 28.7 Å². The fourth-order valence-electron chi connectivity index (χ4n) is 1.69. The van der Waals surface area contributed by atoms with Gasteiger partial charge in [-0.25, -0.2) is 0 Å². The van der Waals surface area contributed by atoms with Crippen LogP contribution in [0, 0.1) is 11.3 Å². The first kappa shape index (κ1) is 13.1. The van der Waals surface area contributed by atoms with Crippen LogP contribution < -0.4 is 15.8 Å². The maximum Gasteiger partial charge on any atom is 0.142 e. The van der Waals surface area contributed by atoms with Gasteiger partial charge in [-0.15, -0.1) is 0 Å². The molecule has 0 radical (unpaired) electrons. The Balaban J connectivity index is 2.41. The second-order valence-corrected chi connectivity index (χ2v) is 4.32. The molecule has 4 nitrogen and oxygen atoms in total. The topological polar surface area (TPSA) is 71.1 Å². The Hall–Kier alpha value is -2.38. The van der Waals surface area contributed by atoms with Crippen molar-refractivity contribution in [2.45, 2.75) is 0 Å². The van der Waals surface area contributed by atoms with Gasteiger partial charge in [0, 0.05) is 10.7 Å². The second-order valence-electron chi connectivity index (χ2n) is 3.89. The van der Waals surface area contributed by atoms with E-state index in [0.29, 0.717) is 33.4 Å². The zero-order valence-corrected chi connectivity index (χ0v) is 11.0. The summed E-state index contributed by atoms with van der Waals surface area (Å²) >= 11 is 5.96. The number of ether oxygens (including phenoxy) is 1. The Bertz CT molecular complexity index is 650. The van der Waals surface area contributed by atoms with Gasteiger partial charge in [-0.05, 0) is 36.4 Å². The van der Waals surface area contributed by atoms with E-state index in [4.69, 9.17) is 27.3 Å². The number of nitrogen functional groups attached to an aromatic ring is 1. The first-order valence-corrected chi connectivity index (χ1v) is 5.92. The van der Waals surface area contributed by atoms with E-state index in [1.807, 2.05) is 0 Å². The minimum Gasteiger partial charge on any atom is -0.495 e. The normalized spacial score (nSPS) is 9.74. The molecule has 19 heavy (non-hydrogen) atoms. The summed E-state index contributed by atoms with van der Waals surface area (Å²) in [4.78, 5) is 0. The summed E-state index contributed by atoms with van der Waals surface area (Å²) in [5.41, 5.74) is 8.00. The molecule has 0 atom stereocenters. The number of rotatable bonds is 3. The lowest BCUT2D eigenvalue weighted by Crippen LogP contribution is -1.97. The van der Waals surface area contributed by atoms with Gasteiger partial charge >= 0.3 is 0 Å². The van der Waals surface area contributed by atoms with E-state index in [9.17, 15) is 0 Å². The Morgan fingerprint density at radius 2 is 2.00 bits per heavy atom. The summed E-state index contributed by atoms with van der Waals surface area (Å²) in [6.45, 7) is 0. The van der Waals surface area contributed by atoms with E-state index in [1.54, 1.807) is 43.5 Å². The lowest BCUT2D eigenvalue weighted by Gasteiger charge is -2.12. The van der Waals surface area contributed by atoms with Crippen LogP contribution in [0.5, 0.6) is 5.75 Å². The summed E-state index contributed by atoms with van der Waals surface area (Å²) in [5, 5.41) is 12.8. The highest BCUT2D eigenvalue weighted by atomic mass is 35.5. The molecule has 96 valence electrons. The maximum absolute atomic E-state index is 9.10. The number of hydrogen-bond donors (Lipinski definition) is 2. The molecule has 0 aromatic heterocycles. The molecule has 0 saturated carbocycles. The number of halogens is 1. The van der Waals surface area contributed by atoms with E-state index in [0.717, 1.165) is 0 Å². The van der Waals surface area contributed by atoms with Gasteiger partial charge in [0.1, 0.15) is 11.8 Å². The van der Waals surface area contributed by atoms with E-state index in [2.05, 4.69) is 11.4 Å². The van der Waals surface area contributed by atoms with E-state index >= 15 is 0 Å². The van der Waals surface area contributed by atoms with Gasteiger partial charge in [0.2, 0.25) is 0 Å². The highest BCUT2D eigenvalue weighted by Gasteiger charge is 2.07. The van der Waals surface area contributed by atoms with Gasteiger partial charge in [0.15, 0.2) is 0 Å². The number of hydrogen-bond acceptors (Lipinski definition) is 4. The number of nitrogens with zero attached hydrogens (tertiary/aromatic N) is 1. The molecule has 0 bridgehead atoms. The van der Waals surface area contributed by atoms with Gasteiger partial charge in [0.25, 0.3) is 0 Å². The van der Waals surface area contributed by atoms with E-state index < -0.39 is 0 Å². The SMILES string of the molecule is COc1ccc(Cl)cc1Nc1ccc(N)cc1C#N. The van der Waals surface area contributed by atoms with Crippen molar-refractivity contribution in [3.8, 4) is 11.8 Å². The minimum atomic E-state index is 0.460. The maximum atomic E-state index is 9.10. The van der Waals surface area contributed by atoms with Crippen molar-refractivity contribution in [1.82, 2.24) is 0 Å². The largest absolute Gasteiger partial charge is 0.495 e. The summed E-state index contributed by atoms with van der Waals surface area (Å²) < 4.78 is 5.24. The van der Waals surface area contributed by atoms with E-state index in [1.165, 1.54) is 0 Å². The van der Waals surface area contributed by atoms with Crippen molar-refractivity contribution in [3.05, 3.63) is 47.0 Å². The molecule has 2 aromatic rings. The van der Waals surface area contributed by atoms with Crippen molar-refractivity contribution in [1.29, 1.82) is 5.26 Å². The lowest BCUT2D eigenvalue weighted by molar-refractivity contribution is 0.417. The average molecular weight is 274 g/mol. The number of anilines is 3. The lowest BCUT2D eigenvalue weighted by atomic mass is 10.1. The first-order chi connectivity index (χ1) is 9.13. The van der Waals surface area contributed by atoms with Crippen LogP contribution in [0.25, 0.3) is 0 Å². The molecule has 2 rings (SSSR count). The number of methoxy groups -OCH3 is 1. The van der Waals surface area contributed by atoms with Crippen LogP contribution in [0.3, 0.4) is 0 Å². The molecule has 0 aliphatic rings. The summed E-state index contributed by atoms with van der Waals surface area (Å²) in [6, 6.07) is 12.4. The standard InChI is InChI=1S/C14H12ClN3O/c1-19-14-5-2-10(15)7-13(14)18-12-4-3-11(17)6-9(12)8-16/h2-7,18H,17H2,1H3. The fraction of sp³-hybridized carbons (Fsp3) is 0.0714. The van der Waals surface area contributed by atoms with Crippen LogP contribution in [-0.2, 0) is 0 Å². The molecule has 0 aliphatic carbocycles. The van der Waals surface area contributed by atoms with Crippen molar-refractivity contribution in [2.24, 2.45) is 0 Å². The Kier molecular flexibility index (Phi) is 3.79. The van der Waals surface area contributed by atoms with Crippen LogP contribution in [0.4, 0.5) is 17.1 Å². The smallest absolute Gasteiger partial charge is 0.142 e. The third-order valence-electron chi connectivity index (χ3n) is 2.59. The molecule has 2 aromatic carbocycles. The molecule has 0 fully saturated rings. The van der Waals surface area contributed by atoms with Crippen LogP contribution in [0.2, 0.25) is 5.02 Å². The summed E-state index contributed by atoms with van der Waals surface area (Å²) in [6.07, 6.45) is 0. The van der Waals surface area contributed by atoms with Crippen LogP contribution in [-0.4, -0.2) is 7.11 Å². The average Bonchev–Trinajstić information content (AvgIpc) is 2.41. The molecule has 3 N–H and O–H groups in total. The highest BCUT2D eigenvalue weighted by Crippen LogP contribution is 2.31. The fourth-order valence-corrected chi connectivity index (χ4v) is 1.86. The third kappa shape index (κ3) is 2.90. The van der Waals surface area contributed by atoms with Crippen molar-refractivity contribution in [3.63, 3.8) is 0 Å².